The lowest BCUT2D eigenvalue weighted by atomic mass is 10.1. The molecule has 0 saturated carbocycles. The van der Waals surface area contributed by atoms with Crippen molar-refractivity contribution in [1.29, 1.82) is 0 Å². The quantitative estimate of drug-likeness (QED) is 0.625. The molecule has 154 valence electrons. The van der Waals surface area contributed by atoms with E-state index in [-0.39, 0.29) is 18.9 Å². The van der Waals surface area contributed by atoms with Gasteiger partial charge in [0.25, 0.3) is 0 Å². The Labute approximate surface area is 159 Å². The van der Waals surface area contributed by atoms with Gasteiger partial charge in [0.1, 0.15) is 22.7 Å². The Hall–Kier alpha value is -2.95. The number of H-pyrrole nitrogens is 1. The van der Waals surface area contributed by atoms with Gasteiger partial charge in [0.05, 0.1) is 17.3 Å². The molecular weight excluding hydrogens is 401 g/mol. The highest BCUT2D eigenvalue weighted by atomic mass is 19.4. The fraction of sp³-hybridized carbons (Fsp3) is 0.333. The standard InChI is InChI=1S/C18H14F5N3O3/c19-9-2-1-3-10(20)11(9)13-15(28)14(27)12-16(18(21,22)23)25-26(17(12)24-13)8-4-6-29-7-5-8/h1-3,8,28H,4-7H2,(H,24,27). The fourth-order valence-corrected chi connectivity index (χ4v) is 3.49. The molecule has 1 aliphatic rings. The summed E-state index contributed by atoms with van der Waals surface area (Å²) in [4.78, 5) is 15.0. The van der Waals surface area contributed by atoms with Gasteiger partial charge in [0.15, 0.2) is 11.4 Å². The predicted octanol–water partition coefficient (Wildman–Crippen LogP) is 3.75. The number of alkyl halides is 3. The van der Waals surface area contributed by atoms with Gasteiger partial charge in [-0.15, -0.1) is 0 Å². The Balaban J connectivity index is 2.07. The maximum Gasteiger partial charge on any atom is 0.435 e. The van der Waals surface area contributed by atoms with E-state index in [1.165, 1.54) is 0 Å². The van der Waals surface area contributed by atoms with Gasteiger partial charge < -0.3 is 14.8 Å². The van der Waals surface area contributed by atoms with Gasteiger partial charge in [0.2, 0.25) is 5.43 Å². The minimum absolute atomic E-state index is 0.282. The van der Waals surface area contributed by atoms with Crippen LogP contribution in [0.4, 0.5) is 22.0 Å². The van der Waals surface area contributed by atoms with Crippen LogP contribution in [0, 0.1) is 11.6 Å². The highest BCUT2D eigenvalue weighted by molar-refractivity contribution is 5.85. The molecule has 29 heavy (non-hydrogen) atoms. The molecule has 1 aliphatic heterocycles. The summed E-state index contributed by atoms with van der Waals surface area (Å²) in [6.07, 6.45) is -4.31. The number of halogens is 5. The molecule has 3 aromatic rings. The molecule has 0 radical (unpaired) electrons. The van der Waals surface area contributed by atoms with Crippen molar-refractivity contribution in [2.45, 2.75) is 25.1 Å². The number of aromatic amines is 1. The van der Waals surface area contributed by atoms with E-state index >= 15 is 0 Å². The minimum Gasteiger partial charge on any atom is -0.503 e. The molecule has 0 aliphatic carbocycles. The van der Waals surface area contributed by atoms with Crippen LogP contribution in [0.5, 0.6) is 5.75 Å². The number of ether oxygens (including phenoxy) is 1. The van der Waals surface area contributed by atoms with E-state index in [4.69, 9.17) is 4.74 Å². The predicted molar refractivity (Wildman–Crippen MR) is 91.5 cm³/mol. The Morgan fingerprint density at radius 3 is 2.38 bits per heavy atom. The van der Waals surface area contributed by atoms with Crippen molar-refractivity contribution in [3.8, 4) is 17.0 Å². The Kier molecular flexibility index (Phi) is 4.56. The zero-order valence-corrected chi connectivity index (χ0v) is 14.7. The third kappa shape index (κ3) is 3.15. The first kappa shape index (κ1) is 19.4. The summed E-state index contributed by atoms with van der Waals surface area (Å²) in [5, 5.41) is 12.9. The Morgan fingerprint density at radius 2 is 1.79 bits per heavy atom. The van der Waals surface area contributed by atoms with E-state index in [1.807, 2.05) is 0 Å². The van der Waals surface area contributed by atoms with Crippen LogP contribution in [0.25, 0.3) is 22.3 Å². The SMILES string of the molecule is O=c1c(O)c(-c2c(F)cccc2F)[nH]c2c1c(C(F)(F)F)nn2C1CCOCC1. The number of aromatic nitrogens is 3. The Bertz CT molecular complexity index is 1130. The number of benzene rings is 1. The van der Waals surface area contributed by atoms with Crippen LogP contribution in [-0.4, -0.2) is 33.1 Å². The lowest BCUT2D eigenvalue weighted by molar-refractivity contribution is -0.140. The van der Waals surface area contributed by atoms with Crippen molar-refractivity contribution >= 4 is 11.0 Å². The molecule has 0 spiro atoms. The maximum atomic E-state index is 14.2. The van der Waals surface area contributed by atoms with Crippen LogP contribution in [0.3, 0.4) is 0 Å². The average Bonchev–Trinajstić information content (AvgIpc) is 3.06. The monoisotopic (exact) mass is 415 g/mol. The summed E-state index contributed by atoms with van der Waals surface area (Å²) >= 11 is 0. The Morgan fingerprint density at radius 1 is 1.17 bits per heavy atom. The summed E-state index contributed by atoms with van der Waals surface area (Å²) in [6, 6.07) is 2.35. The number of nitrogens with one attached hydrogen (secondary N) is 1. The fourth-order valence-electron chi connectivity index (χ4n) is 3.49. The van der Waals surface area contributed by atoms with Crippen LogP contribution in [0.15, 0.2) is 23.0 Å². The lowest BCUT2D eigenvalue weighted by Crippen LogP contribution is -2.21. The van der Waals surface area contributed by atoms with Crippen LogP contribution < -0.4 is 5.43 Å². The zero-order chi connectivity index (χ0) is 20.9. The molecule has 0 bridgehead atoms. The largest absolute Gasteiger partial charge is 0.503 e. The highest BCUT2D eigenvalue weighted by Gasteiger charge is 2.40. The number of rotatable bonds is 2. The molecule has 11 heteroatoms. The molecule has 1 saturated heterocycles. The van der Waals surface area contributed by atoms with Crippen molar-refractivity contribution in [3.05, 3.63) is 45.8 Å². The summed E-state index contributed by atoms with van der Waals surface area (Å²) in [5.41, 5.74) is -4.67. The van der Waals surface area contributed by atoms with Gasteiger partial charge in [-0.25, -0.2) is 13.5 Å². The molecule has 4 rings (SSSR count). The van der Waals surface area contributed by atoms with Crippen molar-refractivity contribution in [2.75, 3.05) is 13.2 Å². The van der Waals surface area contributed by atoms with Gasteiger partial charge in [0, 0.05) is 13.2 Å². The van der Waals surface area contributed by atoms with Crippen molar-refractivity contribution in [3.63, 3.8) is 0 Å². The van der Waals surface area contributed by atoms with Crippen LogP contribution in [0.2, 0.25) is 0 Å². The van der Waals surface area contributed by atoms with Crippen molar-refractivity contribution in [1.82, 2.24) is 14.8 Å². The molecule has 1 aromatic carbocycles. The van der Waals surface area contributed by atoms with E-state index in [1.54, 1.807) is 0 Å². The summed E-state index contributed by atoms with van der Waals surface area (Å²) in [5.74, 6) is -3.41. The van der Waals surface area contributed by atoms with Crippen LogP contribution in [-0.2, 0) is 10.9 Å². The molecule has 6 nitrogen and oxygen atoms in total. The smallest absolute Gasteiger partial charge is 0.435 e. The van der Waals surface area contributed by atoms with Gasteiger partial charge >= 0.3 is 6.18 Å². The number of nitrogens with zero attached hydrogens (tertiary/aromatic N) is 2. The number of hydrogen-bond acceptors (Lipinski definition) is 4. The van der Waals surface area contributed by atoms with Crippen molar-refractivity contribution < 1.29 is 31.8 Å². The number of hydrogen-bond donors (Lipinski definition) is 2. The molecular formula is C18H14F5N3O3. The van der Waals surface area contributed by atoms with Gasteiger partial charge in [-0.1, -0.05) is 6.07 Å². The third-order valence-corrected chi connectivity index (χ3v) is 4.85. The highest BCUT2D eigenvalue weighted by Crippen LogP contribution is 2.38. The van der Waals surface area contributed by atoms with Crippen LogP contribution in [0.1, 0.15) is 24.6 Å². The second-order valence-electron chi connectivity index (χ2n) is 6.63. The van der Waals surface area contributed by atoms with E-state index in [9.17, 15) is 31.9 Å². The van der Waals surface area contributed by atoms with E-state index in [0.717, 1.165) is 22.9 Å². The first-order valence-corrected chi connectivity index (χ1v) is 8.67. The summed E-state index contributed by atoms with van der Waals surface area (Å²) < 4.78 is 75.1. The second-order valence-corrected chi connectivity index (χ2v) is 6.63. The molecule has 0 unspecified atom stereocenters. The van der Waals surface area contributed by atoms with Gasteiger partial charge in [-0.2, -0.15) is 18.3 Å². The third-order valence-electron chi connectivity index (χ3n) is 4.85. The minimum atomic E-state index is -4.97. The van der Waals surface area contributed by atoms with E-state index in [2.05, 4.69) is 10.1 Å². The lowest BCUT2D eigenvalue weighted by Gasteiger charge is -2.23. The first-order valence-electron chi connectivity index (χ1n) is 8.67. The molecule has 2 N–H and O–H groups in total. The summed E-state index contributed by atoms with van der Waals surface area (Å²) in [6.45, 7) is 0.564. The van der Waals surface area contributed by atoms with Crippen LogP contribution >= 0.6 is 0 Å². The van der Waals surface area contributed by atoms with Gasteiger partial charge in [-0.05, 0) is 25.0 Å². The maximum absolute atomic E-state index is 14.2. The number of aromatic hydroxyl groups is 1. The molecule has 3 heterocycles. The zero-order valence-electron chi connectivity index (χ0n) is 14.7. The summed E-state index contributed by atoms with van der Waals surface area (Å²) in [7, 11) is 0. The normalized spacial score (nSPS) is 15.9. The molecule has 2 aromatic heterocycles. The topological polar surface area (TPSA) is 80.1 Å². The van der Waals surface area contributed by atoms with E-state index in [0.29, 0.717) is 12.8 Å². The van der Waals surface area contributed by atoms with Crippen molar-refractivity contribution in [2.24, 2.45) is 0 Å². The molecule has 0 amide bonds. The second kappa shape index (κ2) is 6.83. The average molecular weight is 415 g/mol. The van der Waals surface area contributed by atoms with E-state index < -0.39 is 57.4 Å². The number of fused-ring (bicyclic) bond motifs is 1. The molecule has 0 atom stereocenters. The molecule has 1 fully saturated rings. The first-order chi connectivity index (χ1) is 13.7. The van der Waals surface area contributed by atoms with Gasteiger partial charge in [-0.3, -0.25) is 4.79 Å². The number of pyridine rings is 1.